The Kier molecular flexibility index (Phi) is 2.57. The molecule has 1 aliphatic heterocycles. The Bertz CT molecular complexity index is 553. The summed E-state index contributed by atoms with van der Waals surface area (Å²) in [6.07, 6.45) is 3.95. The van der Waals surface area contributed by atoms with E-state index in [1.165, 1.54) is 4.57 Å². The first kappa shape index (κ1) is 11.3. The number of H-pyrrole nitrogens is 1. The number of hydrogen-bond acceptors (Lipinski definition) is 4. The highest BCUT2D eigenvalue weighted by atomic mass is 16.2. The molecule has 0 bridgehead atoms. The number of nitrogens with one attached hydrogen (secondary N) is 1. The Morgan fingerprint density at radius 3 is 2.67 bits per heavy atom. The fraction of sp³-hybridized carbons (Fsp3) is 0.583. The van der Waals surface area contributed by atoms with Gasteiger partial charge in [0.2, 0.25) is 0 Å². The number of imidazole rings is 1. The van der Waals surface area contributed by atoms with Gasteiger partial charge in [0.1, 0.15) is 11.5 Å². The average Bonchev–Trinajstić information content (AvgIpc) is 3.13. The van der Waals surface area contributed by atoms with E-state index in [-0.39, 0.29) is 24.1 Å². The van der Waals surface area contributed by atoms with Crippen molar-refractivity contribution in [3.05, 3.63) is 16.2 Å². The number of aromatic amines is 1. The summed E-state index contributed by atoms with van der Waals surface area (Å²) < 4.78 is 1.53. The van der Waals surface area contributed by atoms with Gasteiger partial charge in [0.05, 0.1) is 6.54 Å². The zero-order valence-electron chi connectivity index (χ0n) is 10.0. The Labute approximate surface area is 104 Å². The predicted molar refractivity (Wildman–Crippen MR) is 65.2 cm³/mol. The maximum atomic E-state index is 11.9. The fourth-order valence-electron chi connectivity index (χ4n) is 2.53. The highest BCUT2D eigenvalue weighted by Gasteiger charge is 2.31. The van der Waals surface area contributed by atoms with Crippen molar-refractivity contribution in [2.75, 3.05) is 18.0 Å². The number of ketones is 1. The summed E-state index contributed by atoms with van der Waals surface area (Å²) in [7, 11) is 0. The van der Waals surface area contributed by atoms with Gasteiger partial charge in [0.15, 0.2) is 12.1 Å². The fourth-order valence-corrected chi connectivity index (χ4v) is 2.53. The van der Waals surface area contributed by atoms with Crippen LogP contribution in [0.3, 0.4) is 0 Å². The number of hydrogen-bond donors (Lipinski definition) is 1. The van der Waals surface area contributed by atoms with E-state index in [9.17, 15) is 14.4 Å². The first-order valence-electron chi connectivity index (χ1n) is 6.27. The largest absolute Gasteiger partial charge is 0.349 e. The van der Waals surface area contributed by atoms with Crippen molar-refractivity contribution in [1.29, 1.82) is 0 Å². The molecule has 3 rings (SSSR count). The Morgan fingerprint density at radius 2 is 2.06 bits per heavy atom. The number of anilines is 1. The molecule has 0 amide bonds. The lowest BCUT2D eigenvalue weighted by molar-refractivity contribution is -0.118. The van der Waals surface area contributed by atoms with Crippen molar-refractivity contribution in [3.8, 4) is 0 Å². The van der Waals surface area contributed by atoms with Gasteiger partial charge >= 0.3 is 5.69 Å². The summed E-state index contributed by atoms with van der Waals surface area (Å²) in [5.74, 6) is 0.660. The molecule has 6 nitrogen and oxygen atoms in total. The minimum Gasteiger partial charge on any atom is -0.349 e. The van der Waals surface area contributed by atoms with Crippen LogP contribution < -0.4 is 10.6 Å². The summed E-state index contributed by atoms with van der Waals surface area (Å²) in [5, 5.41) is 0. The van der Waals surface area contributed by atoms with E-state index in [1.54, 1.807) is 4.90 Å². The number of aldehydes is 1. The van der Waals surface area contributed by atoms with Crippen molar-refractivity contribution in [3.63, 3.8) is 0 Å². The molecule has 0 atom stereocenters. The highest BCUT2D eigenvalue weighted by Crippen LogP contribution is 2.36. The van der Waals surface area contributed by atoms with Gasteiger partial charge in [0, 0.05) is 19.0 Å². The number of carbonyl (C=O) groups is 2. The van der Waals surface area contributed by atoms with Crippen LogP contribution in [0.5, 0.6) is 0 Å². The van der Waals surface area contributed by atoms with E-state index in [2.05, 4.69) is 4.98 Å². The van der Waals surface area contributed by atoms with Gasteiger partial charge in [0.25, 0.3) is 0 Å². The number of rotatable bonds is 3. The molecule has 0 unspecified atom stereocenters. The van der Waals surface area contributed by atoms with Crippen molar-refractivity contribution in [2.24, 2.45) is 0 Å². The summed E-state index contributed by atoms with van der Waals surface area (Å²) in [4.78, 5) is 39.1. The van der Waals surface area contributed by atoms with Crippen molar-refractivity contribution < 1.29 is 9.59 Å². The monoisotopic (exact) mass is 249 g/mol. The van der Waals surface area contributed by atoms with Gasteiger partial charge in [-0.05, 0) is 19.3 Å². The third-order valence-corrected chi connectivity index (χ3v) is 3.54. The maximum Gasteiger partial charge on any atom is 0.327 e. The number of nitrogens with zero attached hydrogens (tertiary/aromatic N) is 2. The average molecular weight is 249 g/mol. The molecular weight excluding hydrogens is 234 g/mol. The van der Waals surface area contributed by atoms with Crippen LogP contribution in [0.4, 0.5) is 5.82 Å². The van der Waals surface area contributed by atoms with Crippen LogP contribution in [-0.2, 0) is 4.79 Å². The standard InChI is InChI=1S/C12H15N3O3/c16-7-10-11(14-5-1-2-9(17)6-14)13-12(18)15(10)8-3-4-8/h7-8H,1-6H2,(H,13,18). The maximum absolute atomic E-state index is 11.9. The zero-order valence-corrected chi connectivity index (χ0v) is 10.0. The predicted octanol–water partition coefficient (Wildman–Crippen LogP) is 0.493. The van der Waals surface area contributed by atoms with Gasteiger partial charge < -0.3 is 4.90 Å². The molecule has 96 valence electrons. The van der Waals surface area contributed by atoms with E-state index in [0.717, 1.165) is 19.3 Å². The van der Waals surface area contributed by atoms with Gasteiger partial charge in [-0.25, -0.2) is 4.79 Å². The van der Waals surface area contributed by atoms with Crippen LogP contribution in [0.2, 0.25) is 0 Å². The first-order valence-corrected chi connectivity index (χ1v) is 6.27. The molecule has 2 heterocycles. The first-order chi connectivity index (χ1) is 8.70. The number of piperidine rings is 1. The van der Waals surface area contributed by atoms with E-state index < -0.39 is 0 Å². The lowest BCUT2D eigenvalue weighted by Crippen LogP contribution is -2.36. The van der Waals surface area contributed by atoms with E-state index in [4.69, 9.17) is 0 Å². The number of carbonyl (C=O) groups excluding carboxylic acids is 2. The molecule has 1 aliphatic carbocycles. The lowest BCUT2D eigenvalue weighted by Gasteiger charge is -2.26. The minimum absolute atomic E-state index is 0.151. The summed E-state index contributed by atoms with van der Waals surface area (Å²) in [5.41, 5.74) is 0.143. The second kappa shape index (κ2) is 4.12. The van der Waals surface area contributed by atoms with Crippen LogP contribution in [0.15, 0.2) is 4.79 Å². The zero-order chi connectivity index (χ0) is 12.7. The molecule has 0 radical (unpaired) electrons. The third kappa shape index (κ3) is 1.77. The van der Waals surface area contributed by atoms with Gasteiger partial charge in [-0.1, -0.05) is 0 Å². The highest BCUT2D eigenvalue weighted by molar-refractivity contribution is 5.87. The molecule has 2 aliphatic rings. The van der Waals surface area contributed by atoms with Crippen LogP contribution in [-0.4, -0.2) is 34.7 Å². The van der Waals surface area contributed by atoms with Crippen LogP contribution in [0.25, 0.3) is 0 Å². The van der Waals surface area contributed by atoms with E-state index >= 15 is 0 Å². The molecule has 1 aromatic heterocycles. The smallest absolute Gasteiger partial charge is 0.327 e. The third-order valence-electron chi connectivity index (χ3n) is 3.54. The Morgan fingerprint density at radius 1 is 1.28 bits per heavy atom. The molecule has 0 aromatic carbocycles. The number of Topliss-reactive ketones (excluding diaryl/α,β-unsaturated/α-hetero) is 1. The molecule has 1 N–H and O–H groups in total. The normalized spacial score (nSPS) is 20.2. The van der Waals surface area contributed by atoms with E-state index in [0.29, 0.717) is 30.8 Å². The second-order valence-corrected chi connectivity index (χ2v) is 4.95. The molecule has 0 spiro atoms. The quantitative estimate of drug-likeness (QED) is 0.791. The minimum atomic E-state index is -0.243. The number of aromatic nitrogens is 2. The van der Waals surface area contributed by atoms with Crippen LogP contribution in [0.1, 0.15) is 42.2 Å². The lowest BCUT2D eigenvalue weighted by atomic mass is 10.1. The van der Waals surface area contributed by atoms with Crippen LogP contribution >= 0.6 is 0 Å². The Balaban J connectivity index is 2.00. The van der Waals surface area contributed by atoms with Crippen molar-refractivity contribution >= 4 is 17.9 Å². The molecule has 1 saturated carbocycles. The second-order valence-electron chi connectivity index (χ2n) is 4.95. The molecule has 18 heavy (non-hydrogen) atoms. The molecule has 1 saturated heterocycles. The van der Waals surface area contributed by atoms with Gasteiger partial charge in [-0.15, -0.1) is 0 Å². The topological polar surface area (TPSA) is 75.2 Å². The summed E-state index contributed by atoms with van der Waals surface area (Å²) in [6.45, 7) is 0.989. The molecule has 1 aromatic rings. The van der Waals surface area contributed by atoms with Gasteiger partial charge in [-0.2, -0.15) is 0 Å². The summed E-state index contributed by atoms with van der Waals surface area (Å²) >= 11 is 0. The SMILES string of the molecule is O=Cc1c(N2CCCC(=O)C2)[nH]c(=O)n1C1CC1. The van der Waals surface area contributed by atoms with Crippen molar-refractivity contribution in [2.45, 2.75) is 31.7 Å². The molecule has 6 heteroatoms. The summed E-state index contributed by atoms with van der Waals surface area (Å²) in [6, 6.07) is 0.156. The van der Waals surface area contributed by atoms with Crippen molar-refractivity contribution in [1.82, 2.24) is 9.55 Å². The Hall–Kier alpha value is -1.85. The molecule has 2 fully saturated rings. The molecular formula is C12H15N3O3. The van der Waals surface area contributed by atoms with Gasteiger partial charge in [-0.3, -0.25) is 19.1 Å². The van der Waals surface area contributed by atoms with E-state index in [1.807, 2.05) is 0 Å². The van der Waals surface area contributed by atoms with Crippen LogP contribution in [0, 0.1) is 0 Å².